The van der Waals surface area contributed by atoms with Gasteiger partial charge in [0.2, 0.25) is 0 Å². The van der Waals surface area contributed by atoms with Gasteiger partial charge in [-0.25, -0.2) is 13.5 Å². The van der Waals surface area contributed by atoms with E-state index in [1.54, 1.807) is 6.07 Å². The summed E-state index contributed by atoms with van der Waals surface area (Å²) in [4.78, 5) is 13.0. The van der Waals surface area contributed by atoms with E-state index in [0.717, 1.165) is 12.1 Å². The van der Waals surface area contributed by atoms with E-state index in [9.17, 15) is 18.7 Å². The number of amides is 1. The van der Waals surface area contributed by atoms with Gasteiger partial charge >= 0.3 is 0 Å². The first-order chi connectivity index (χ1) is 14.9. The van der Waals surface area contributed by atoms with Crippen LogP contribution in [0.4, 0.5) is 14.6 Å². The van der Waals surface area contributed by atoms with Crippen molar-refractivity contribution in [3.05, 3.63) is 59.4 Å². The molecule has 0 atom stereocenters. The highest BCUT2D eigenvalue weighted by atomic mass is 19.1. The molecule has 0 saturated heterocycles. The van der Waals surface area contributed by atoms with Gasteiger partial charge in [0.25, 0.3) is 5.91 Å². The molecule has 0 aliphatic heterocycles. The second-order valence-electron chi connectivity index (χ2n) is 6.86. The van der Waals surface area contributed by atoms with Gasteiger partial charge < -0.3 is 15.2 Å². The van der Waals surface area contributed by atoms with Crippen molar-refractivity contribution in [1.82, 2.24) is 20.0 Å². The maximum absolute atomic E-state index is 14.6. The van der Waals surface area contributed by atoms with Crippen LogP contribution in [0.5, 0.6) is 11.5 Å². The van der Waals surface area contributed by atoms with Gasteiger partial charge in [-0.1, -0.05) is 13.3 Å². The van der Waals surface area contributed by atoms with Gasteiger partial charge in [0.15, 0.2) is 23.2 Å². The number of aromatic amines is 1. The highest BCUT2D eigenvalue weighted by Gasteiger charge is 2.22. The minimum Gasteiger partial charge on any atom is -0.508 e. The zero-order valence-corrected chi connectivity index (χ0v) is 16.7. The number of hydrogen-bond acceptors (Lipinski definition) is 5. The lowest BCUT2D eigenvalue weighted by atomic mass is 10.1. The number of ether oxygens (including phenoxy) is 1. The van der Waals surface area contributed by atoms with Crippen molar-refractivity contribution in [3.8, 4) is 17.2 Å². The lowest BCUT2D eigenvalue weighted by Crippen LogP contribution is -2.15. The molecule has 8 nitrogen and oxygen atoms in total. The smallest absolute Gasteiger partial charge is 0.260 e. The van der Waals surface area contributed by atoms with E-state index in [4.69, 9.17) is 4.74 Å². The number of carbonyl (C=O) groups excluding carboxylic acids is 1. The molecule has 10 heteroatoms. The van der Waals surface area contributed by atoms with Gasteiger partial charge in [0, 0.05) is 23.6 Å². The molecule has 0 radical (unpaired) electrons. The molecule has 2 heterocycles. The quantitative estimate of drug-likeness (QED) is 0.432. The fourth-order valence-electron chi connectivity index (χ4n) is 3.36. The van der Waals surface area contributed by atoms with E-state index < -0.39 is 17.5 Å². The summed E-state index contributed by atoms with van der Waals surface area (Å²) in [5.41, 5.74) is 1.07. The van der Waals surface area contributed by atoms with Crippen LogP contribution >= 0.6 is 0 Å². The van der Waals surface area contributed by atoms with Gasteiger partial charge in [0.1, 0.15) is 11.4 Å². The molecule has 3 N–H and O–H groups in total. The summed E-state index contributed by atoms with van der Waals surface area (Å²) in [7, 11) is 1.25. The third kappa shape index (κ3) is 3.67. The van der Waals surface area contributed by atoms with Crippen LogP contribution in [0.3, 0.4) is 0 Å². The molecule has 2 aromatic carbocycles. The molecule has 0 unspecified atom stereocenters. The van der Waals surface area contributed by atoms with Crippen LogP contribution in [0.2, 0.25) is 0 Å². The van der Waals surface area contributed by atoms with Gasteiger partial charge in [-0.05, 0) is 18.6 Å². The number of aromatic nitrogens is 4. The Bertz CT molecular complexity index is 1280. The number of benzene rings is 2. The molecule has 0 bridgehead atoms. The fraction of sp³-hybridized carbons (Fsp3) is 0.190. The molecule has 0 aliphatic rings. The number of rotatable bonds is 6. The normalized spacial score (nSPS) is 11.1. The number of H-pyrrole nitrogens is 1. The minimum atomic E-state index is -0.742. The molecule has 31 heavy (non-hydrogen) atoms. The molecule has 4 aromatic rings. The van der Waals surface area contributed by atoms with E-state index in [-0.39, 0.29) is 28.6 Å². The fourth-order valence-corrected chi connectivity index (χ4v) is 3.36. The second kappa shape index (κ2) is 8.05. The third-order valence-electron chi connectivity index (χ3n) is 4.83. The van der Waals surface area contributed by atoms with Gasteiger partial charge in [0.05, 0.1) is 30.1 Å². The van der Waals surface area contributed by atoms with E-state index in [2.05, 4.69) is 20.6 Å². The third-order valence-corrected chi connectivity index (χ3v) is 4.83. The summed E-state index contributed by atoms with van der Waals surface area (Å²) in [6.45, 7) is 1.90. The molecule has 0 aliphatic carbocycles. The predicted molar refractivity (Wildman–Crippen MR) is 110 cm³/mol. The Balaban J connectivity index is 1.71. The number of halogens is 2. The molecule has 0 spiro atoms. The number of fused-ring (bicyclic) bond motifs is 1. The molecule has 160 valence electrons. The standard InChI is InChI=1S/C21H19F2N5O3/c1-3-4-17-13(10-24-28(17)18-8-15(23)19(31-2)9-14(18)22)21(30)25-20-12-6-5-11(29)7-16(12)26-27-20/h5-10,29H,3-4H2,1-2H3,(H2,25,26,27,30). The van der Waals surface area contributed by atoms with Gasteiger partial charge in [-0.15, -0.1) is 0 Å². The molecule has 0 saturated carbocycles. The Labute approximate surface area is 175 Å². The maximum atomic E-state index is 14.6. The largest absolute Gasteiger partial charge is 0.508 e. The maximum Gasteiger partial charge on any atom is 0.260 e. The lowest BCUT2D eigenvalue weighted by Gasteiger charge is -2.11. The Morgan fingerprint density at radius 1 is 1.26 bits per heavy atom. The van der Waals surface area contributed by atoms with E-state index >= 15 is 0 Å². The SMILES string of the molecule is CCCc1c(C(=O)Nc2n[nH]c3cc(O)ccc23)cnn1-c1cc(F)c(OC)cc1F. The summed E-state index contributed by atoms with van der Waals surface area (Å²) in [5, 5.41) is 23.8. The van der Waals surface area contributed by atoms with Crippen molar-refractivity contribution in [3.63, 3.8) is 0 Å². The number of aromatic hydroxyl groups is 1. The zero-order chi connectivity index (χ0) is 22.1. The molecule has 0 fully saturated rings. The first-order valence-electron chi connectivity index (χ1n) is 9.51. The topological polar surface area (TPSA) is 105 Å². The Morgan fingerprint density at radius 2 is 2.06 bits per heavy atom. The van der Waals surface area contributed by atoms with Crippen LogP contribution in [0.1, 0.15) is 29.4 Å². The number of hydrogen-bond donors (Lipinski definition) is 3. The van der Waals surface area contributed by atoms with Crippen LogP contribution in [0.25, 0.3) is 16.6 Å². The zero-order valence-electron chi connectivity index (χ0n) is 16.7. The average molecular weight is 427 g/mol. The van der Waals surface area contributed by atoms with Crippen LogP contribution < -0.4 is 10.1 Å². The highest BCUT2D eigenvalue weighted by Crippen LogP contribution is 2.27. The van der Waals surface area contributed by atoms with Crippen molar-refractivity contribution in [2.24, 2.45) is 0 Å². The van der Waals surface area contributed by atoms with E-state index in [1.165, 1.54) is 30.1 Å². The molecule has 2 aromatic heterocycles. The number of nitrogens with one attached hydrogen (secondary N) is 2. The summed E-state index contributed by atoms with van der Waals surface area (Å²) in [6, 6.07) is 6.51. The second-order valence-corrected chi connectivity index (χ2v) is 6.86. The number of methoxy groups -OCH3 is 1. The van der Waals surface area contributed by atoms with Crippen LogP contribution in [0, 0.1) is 11.6 Å². The number of carbonyl (C=O) groups is 1. The van der Waals surface area contributed by atoms with Crippen LogP contribution in [0.15, 0.2) is 36.5 Å². The van der Waals surface area contributed by atoms with Crippen LogP contribution in [-0.4, -0.2) is 38.1 Å². The first kappa shape index (κ1) is 20.3. The van der Waals surface area contributed by atoms with Gasteiger partial charge in [-0.2, -0.15) is 10.2 Å². The lowest BCUT2D eigenvalue weighted by molar-refractivity contribution is 0.102. The summed E-state index contributed by atoms with van der Waals surface area (Å²) in [6.07, 6.45) is 2.37. The van der Waals surface area contributed by atoms with E-state index in [0.29, 0.717) is 29.4 Å². The minimum absolute atomic E-state index is 0.0642. The number of phenols is 1. The van der Waals surface area contributed by atoms with Crippen LogP contribution in [-0.2, 0) is 6.42 Å². The average Bonchev–Trinajstić information content (AvgIpc) is 3.33. The Morgan fingerprint density at radius 3 is 2.81 bits per heavy atom. The monoisotopic (exact) mass is 427 g/mol. The molecular weight excluding hydrogens is 408 g/mol. The predicted octanol–water partition coefficient (Wildman–Crippen LogP) is 3.95. The van der Waals surface area contributed by atoms with Crippen molar-refractivity contribution in [1.29, 1.82) is 0 Å². The van der Waals surface area contributed by atoms with Crippen molar-refractivity contribution >= 4 is 22.6 Å². The first-order valence-corrected chi connectivity index (χ1v) is 9.51. The summed E-state index contributed by atoms with van der Waals surface area (Å²) >= 11 is 0. The number of nitrogens with zero attached hydrogens (tertiary/aromatic N) is 3. The molecule has 1 amide bonds. The summed E-state index contributed by atoms with van der Waals surface area (Å²) in [5.74, 6) is -1.85. The Hall–Kier alpha value is -3.95. The van der Waals surface area contributed by atoms with Crippen molar-refractivity contribution < 1.29 is 23.4 Å². The molecular formula is C21H19F2N5O3. The summed E-state index contributed by atoms with van der Waals surface area (Å²) < 4.78 is 34.8. The number of phenolic OH excluding ortho intramolecular Hbond substituents is 1. The Kier molecular flexibility index (Phi) is 5.28. The van der Waals surface area contributed by atoms with Crippen molar-refractivity contribution in [2.75, 3.05) is 12.4 Å². The van der Waals surface area contributed by atoms with Gasteiger partial charge in [-0.3, -0.25) is 9.89 Å². The van der Waals surface area contributed by atoms with Crippen molar-refractivity contribution in [2.45, 2.75) is 19.8 Å². The highest BCUT2D eigenvalue weighted by molar-refractivity contribution is 6.08. The number of anilines is 1. The van der Waals surface area contributed by atoms with E-state index in [1.807, 2.05) is 6.92 Å². The molecule has 4 rings (SSSR count).